The molecule has 0 amide bonds. The van der Waals surface area contributed by atoms with Crippen LogP contribution in [0, 0.1) is 5.92 Å². The highest BCUT2D eigenvalue weighted by molar-refractivity contribution is 5.63. The van der Waals surface area contributed by atoms with Gasteiger partial charge in [-0.2, -0.15) is 0 Å². The number of hydrogen-bond acceptors (Lipinski definition) is 2. The lowest BCUT2D eigenvalue weighted by molar-refractivity contribution is 0.0735. The topological polar surface area (TPSA) is 32.3 Å². The van der Waals surface area contributed by atoms with Crippen LogP contribution in [0.2, 0.25) is 0 Å². The SMILES string of the molecule is CN[C@H]1C[C@H](Cc2ccc(-c3ccccc3)cc2)CC[C@@H]1O. The Morgan fingerprint density at radius 3 is 2.32 bits per heavy atom. The molecule has 1 fully saturated rings. The van der Waals surface area contributed by atoms with E-state index >= 15 is 0 Å². The first-order valence-electron chi connectivity index (χ1n) is 8.26. The van der Waals surface area contributed by atoms with E-state index in [-0.39, 0.29) is 12.1 Å². The summed E-state index contributed by atoms with van der Waals surface area (Å²) in [5.74, 6) is 0.670. The van der Waals surface area contributed by atoms with Crippen LogP contribution in [0.25, 0.3) is 11.1 Å². The van der Waals surface area contributed by atoms with Crippen LogP contribution in [-0.2, 0) is 6.42 Å². The zero-order chi connectivity index (χ0) is 15.4. The summed E-state index contributed by atoms with van der Waals surface area (Å²) in [7, 11) is 1.95. The van der Waals surface area contributed by atoms with Gasteiger partial charge in [-0.25, -0.2) is 0 Å². The average molecular weight is 295 g/mol. The smallest absolute Gasteiger partial charge is 0.0693 e. The van der Waals surface area contributed by atoms with Gasteiger partial charge in [0.05, 0.1) is 6.10 Å². The highest BCUT2D eigenvalue weighted by Crippen LogP contribution is 2.28. The Morgan fingerprint density at radius 1 is 0.955 bits per heavy atom. The Kier molecular flexibility index (Phi) is 4.91. The maximum Gasteiger partial charge on any atom is 0.0693 e. The van der Waals surface area contributed by atoms with Crippen molar-refractivity contribution in [3.63, 3.8) is 0 Å². The van der Waals surface area contributed by atoms with Crippen LogP contribution in [-0.4, -0.2) is 24.3 Å². The summed E-state index contributed by atoms with van der Waals surface area (Å²) in [6.07, 6.45) is 4.04. The summed E-state index contributed by atoms with van der Waals surface area (Å²) in [4.78, 5) is 0. The van der Waals surface area contributed by atoms with Crippen molar-refractivity contribution >= 4 is 0 Å². The molecular weight excluding hydrogens is 270 g/mol. The van der Waals surface area contributed by atoms with Gasteiger partial charge < -0.3 is 10.4 Å². The Hall–Kier alpha value is -1.64. The molecular formula is C20H25NO. The Morgan fingerprint density at radius 2 is 1.64 bits per heavy atom. The minimum Gasteiger partial charge on any atom is -0.392 e. The molecule has 2 aromatic carbocycles. The van der Waals surface area contributed by atoms with Crippen LogP contribution >= 0.6 is 0 Å². The molecule has 1 aliphatic rings. The Labute approximate surface area is 133 Å². The first-order chi connectivity index (χ1) is 10.8. The maximum absolute atomic E-state index is 9.95. The fraction of sp³-hybridized carbons (Fsp3) is 0.400. The number of aliphatic hydroxyl groups is 1. The van der Waals surface area contributed by atoms with Gasteiger partial charge in [0.25, 0.3) is 0 Å². The molecule has 0 saturated heterocycles. The number of likely N-dealkylation sites (N-methyl/N-ethyl adjacent to an activating group) is 1. The van der Waals surface area contributed by atoms with Gasteiger partial charge in [0.2, 0.25) is 0 Å². The molecule has 0 radical (unpaired) electrons. The van der Waals surface area contributed by atoms with Crippen molar-refractivity contribution in [3.8, 4) is 11.1 Å². The third-order valence-corrected chi connectivity index (χ3v) is 4.88. The second-order valence-corrected chi connectivity index (χ2v) is 6.41. The molecule has 3 atom stereocenters. The third-order valence-electron chi connectivity index (χ3n) is 4.88. The van der Waals surface area contributed by atoms with Crippen molar-refractivity contribution in [1.82, 2.24) is 5.32 Å². The van der Waals surface area contributed by atoms with Crippen molar-refractivity contribution in [2.24, 2.45) is 5.92 Å². The summed E-state index contributed by atoms with van der Waals surface area (Å²) in [5, 5.41) is 13.2. The van der Waals surface area contributed by atoms with Crippen LogP contribution in [0.1, 0.15) is 24.8 Å². The molecule has 2 aromatic rings. The molecule has 1 aliphatic carbocycles. The normalized spacial score (nSPS) is 25.1. The first-order valence-corrected chi connectivity index (χ1v) is 8.26. The summed E-state index contributed by atoms with van der Waals surface area (Å²) in [6, 6.07) is 19.7. The predicted octanol–water partition coefficient (Wildman–Crippen LogP) is 3.65. The van der Waals surface area contributed by atoms with E-state index in [1.54, 1.807) is 0 Å². The van der Waals surface area contributed by atoms with E-state index in [4.69, 9.17) is 0 Å². The van der Waals surface area contributed by atoms with Crippen LogP contribution in [0.5, 0.6) is 0 Å². The lowest BCUT2D eigenvalue weighted by atomic mass is 9.80. The van der Waals surface area contributed by atoms with Crippen molar-refractivity contribution < 1.29 is 5.11 Å². The van der Waals surface area contributed by atoms with E-state index in [1.807, 2.05) is 13.1 Å². The number of aliphatic hydroxyl groups excluding tert-OH is 1. The van der Waals surface area contributed by atoms with E-state index in [0.29, 0.717) is 5.92 Å². The largest absolute Gasteiger partial charge is 0.392 e. The van der Waals surface area contributed by atoms with Gasteiger partial charge in [-0.15, -0.1) is 0 Å². The number of hydrogen-bond donors (Lipinski definition) is 2. The van der Waals surface area contributed by atoms with Crippen LogP contribution < -0.4 is 5.32 Å². The minimum absolute atomic E-state index is 0.179. The zero-order valence-corrected chi connectivity index (χ0v) is 13.2. The van der Waals surface area contributed by atoms with Gasteiger partial charge in [-0.1, -0.05) is 54.6 Å². The molecule has 2 heteroatoms. The van der Waals surface area contributed by atoms with Crippen molar-refractivity contribution in [1.29, 1.82) is 0 Å². The fourth-order valence-corrected chi connectivity index (χ4v) is 3.53. The molecule has 2 N–H and O–H groups in total. The summed E-state index contributed by atoms with van der Waals surface area (Å²) < 4.78 is 0. The van der Waals surface area contributed by atoms with Gasteiger partial charge in [-0.3, -0.25) is 0 Å². The van der Waals surface area contributed by atoms with Crippen molar-refractivity contribution in [2.75, 3.05) is 7.05 Å². The molecule has 116 valence electrons. The van der Waals surface area contributed by atoms with Crippen LogP contribution in [0.4, 0.5) is 0 Å². The number of rotatable bonds is 4. The molecule has 0 unspecified atom stereocenters. The number of benzene rings is 2. The van der Waals surface area contributed by atoms with Gasteiger partial charge in [0, 0.05) is 6.04 Å². The molecule has 0 bridgehead atoms. The van der Waals surface area contributed by atoms with E-state index in [9.17, 15) is 5.11 Å². The third kappa shape index (κ3) is 3.57. The molecule has 0 heterocycles. The van der Waals surface area contributed by atoms with E-state index in [1.165, 1.54) is 16.7 Å². The van der Waals surface area contributed by atoms with Crippen LogP contribution in [0.3, 0.4) is 0 Å². The maximum atomic E-state index is 9.95. The summed E-state index contributed by atoms with van der Waals surface area (Å²) in [6.45, 7) is 0. The summed E-state index contributed by atoms with van der Waals surface area (Å²) in [5.41, 5.74) is 3.94. The molecule has 3 rings (SSSR count). The zero-order valence-electron chi connectivity index (χ0n) is 13.2. The Bertz CT molecular complexity index is 578. The molecule has 2 nitrogen and oxygen atoms in total. The van der Waals surface area contributed by atoms with Gasteiger partial charge in [-0.05, 0) is 55.3 Å². The van der Waals surface area contributed by atoms with Crippen LogP contribution in [0.15, 0.2) is 54.6 Å². The predicted molar refractivity (Wildman–Crippen MR) is 91.8 cm³/mol. The lowest BCUT2D eigenvalue weighted by Crippen LogP contribution is -2.43. The van der Waals surface area contributed by atoms with Gasteiger partial charge in [0.1, 0.15) is 0 Å². The number of nitrogens with one attached hydrogen (secondary N) is 1. The van der Waals surface area contributed by atoms with E-state index < -0.39 is 0 Å². The molecule has 0 aliphatic heterocycles. The van der Waals surface area contributed by atoms with Crippen molar-refractivity contribution in [3.05, 3.63) is 60.2 Å². The fourth-order valence-electron chi connectivity index (χ4n) is 3.53. The van der Waals surface area contributed by atoms with Gasteiger partial charge in [0.15, 0.2) is 0 Å². The molecule has 1 saturated carbocycles. The van der Waals surface area contributed by atoms with E-state index in [2.05, 4.69) is 53.8 Å². The molecule has 22 heavy (non-hydrogen) atoms. The molecule has 0 aromatic heterocycles. The second-order valence-electron chi connectivity index (χ2n) is 6.41. The second kappa shape index (κ2) is 7.08. The highest BCUT2D eigenvalue weighted by atomic mass is 16.3. The molecule has 0 spiro atoms. The summed E-state index contributed by atoms with van der Waals surface area (Å²) >= 11 is 0. The first kappa shape index (κ1) is 15.3. The highest BCUT2D eigenvalue weighted by Gasteiger charge is 2.27. The minimum atomic E-state index is -0.179. The Balaban J connectivity index is 1.64. The quantitative estimate of drug-likeness (QED) is 0.902. The van der Waals surface area contributed by atoms with E-state index in [0.717, 1.165) is 25.7 Å². The standard InChI is InChI=1S/C20H25NO/c1-21-19-14-16(9-12-20(19)22)13-15-7-10-18(11-8-15)17-5-3-2-4-6-17/h2-8,10-11,16,19-22H,9,12-14H2,1H3/t16-,19-,20-/m0/s1. The van der Waals surface area contributed by atoms with Crippen molar-refractivity contribution in [2.45, 2.75) is 37.8 Å². The van der Waals surface area contributed by atoms with Gasteiger partial charge >= 0.3 is 0 Å². The monoisotopic (exact) mass is 295 g/mol. The lowest BCUT2D eigenvalue weighted by Gasteiger charge is -2.33. The average Bonchev–Trinajstić information content (AvgIpc) is 2.58.